The Hall–Kier alpha value is -1.86. The van der Waals surface area contributed by atoms with Crippen LogP contribution in [-0.4, -0.2) is 62.1 Å². The Morgan fingerprint density at radius 1 is 1.10 bits per heavy atom. The lowest BCUT2D eigenvalue weighted by Gasteiger charge is -2.33. The Morgan fingerprint density at radius 2 is 1.83 bits per heavy atom. The summed E-state index contributed by atoms with van der Waals surface area (Å²) >= 11 is 0. The van der Waals surface area contributed by atoms with Crippen LogP contribution in [0.25, 0.3) is 0 Å². The Balaban J connectivity index is 0.00000160. The highest BCUT2D eigenvalue weighted by Gasteiger charge is 2.16. The average molecular weight is 452 g/mol. The van der Waals surface area contributed by atoms with E-state index in [0.717, 1.165) is 57.2 Å². The summed E-state index contributed by atoms with van der Waals surface area (Å²) in [7, 11) is 2.14. The normalized spacial score (nSPS) is 19.0. The number of amides is 1. The summed E-state index contributed by atoms with van der Waals surface area (Å²) in [5.41, 5.74) is 2.70. The zero-order valence-electron chi connectivity index (χ0n) is 17.3. The van der Waals surface area contributed by atoms with Gasteiger partial charge in [0.25, 0.3) is 5.91 Å². The van der Waals surface area contributed by atoms with Crippen molar-refractivity contribution in [3.8, 4) is 0 Å². The summed E-state index contributed by atoms with van der Waals surface area (Å²) in [6, 6.07) is 11.9. The summed E-state index contributed by atoms with van der Waals surface area (Å²) in [5, 5.41) is 6.35. The van der Waals surface area contributed by atoms with Gasteiger partial charge in [0.2, 0.25) is 0 Å². The van der Waals surface area contributed by atoms with Crippen molar-refractivity contribution in [3.05, 3.63) is 53.7 Å². The van der Waals surface area contributed by atoms with Crippen LogP contribution < -0.4 is 15.5 Å². The molecule has 2 aliphatic rings. The van der Waals surface area contributed by atoms with Crippen LogP contribution in [0.2, 0.25) is 0 Å². The minimum atomic E-state index is -0.0942. The lowest BCUT2D eigenvalue weighted by Crippen LogP contribution is -2.44. The average Bonchev–Trinajstić information content (AvgIpc) is 3.23. The number of halogens is 2. The van der Waals surface area contributed by atoms with E-state index in [2.05, 4.69) is 44.6 Å². The first kappa shape index (κ1) is 24.4. The zero-order chi connectivity index (χ0) is 19.3. The largest absolute Gasteiger partial charge is 0.354 e. The number of carbonyl (C=O) groups is 1. The monoisotopic (exact) mass is 451 g/mol. The lowest BCUT2D eigenvalue weighted by atomic mass is 9.98. The van der Waals surface area contributed by atoms with Crippen LogP contribution in [0.3, 0.4) is 0 Å². The summed E-state index contributed by atoms with van der Waals surface area (Å²) in [5.74, 6) is 1.59. The Kier molecular flexibility index (Phi) is 9.37. The molecule has 164 valence electrons. The van der Waals surface area contributed by atoms with Crippen molar-refractivity contribution >= 4 is 42.2 Å². The van der Waals surface area contributed by atoms with E-state index in [1.54, 1.807) is 6.20 Å². The molecule has 0 saturated carbocycles. The molecule has 1 aromatic heterocycles. The standard InChI is InChI=1S/C22H29N5O.2ClH/c1-26-10-12-27(13-11-26)21-7-6-20(16-24-21)25-22(28)19-4-2-17(3-5-19)14-18-8-9-23-15-18;;/h2-7,16,18,23H,8-15H2,1H3,(H,25,28);2*1H. The van der Waals surface area contributed by atoms with Gasteiger partial charge in [-0.15, -0.1) is 24.8 Å². The number of likely N-dealkylation sites (N-methyl/N-ethyl adjacent to an activating group) is 1. The van der Waals surface area contributed by atoms with Gasteiger partial charge in [-0.25, -0.2) is 4.98 Å². The Bertz CT molecular complexity index is 786. The molecule has 2 N–H and O–H groups in total. The van der Waals surface area contributed by atoms with Gasteiger partial charge >= 0.3 is 0 Å². The minimum Gasteiger partial charge on any atom is -0.354 e. The van der Waals surface area contributed by atoms with Crippen LogP contribution >= 0.6 is 24.8 Å². The highest BCUT2D eigenvalue weighted by Crippen LogP contribution is 2.18. The molecule has 0 aliphatic carbocycles. The van der Waals surface area contributed by atoms with E-state index >= 15 is 0 Å². The highest BCUT2D eigenvalue weighted by molar-refractivity contribution is 6.04. The SMILES string of the molecule is CN1CCN(c2ccc(NC(=O)c3ccc(CC4CCNC4)cc3)cn2)CC1.Cl.Cl. The van der Waals surface area contributed by atoms with Gasteiger partial charge in [0.05, 0.1) is 11.9 Å². The van der Waals surface area contributed by atoms with Gasteiger partial charge in [-0.2, -0.15) is 0 Å². The van der Waals surface area contributed by atoms with Gasteiger partial charge in [0, 0.05) is 31.7 Å². The number of carbonyl (C=O) groups excluding carboxylic acids is 1. The number of hydrogen-bond acceptors (Lipinski definition) is 5. The van der Waals surface area contributed by atoms with Gasteiger partial charge in [0.1, 0.15) is 5.82 Å². The van der Waals surface area contributed by atoms with Crippen molar-refractivity contribution < 1.29 is 4.79 Å². The third kappa shape index (κ3) is 6.32. The number of nitrogens with zero attached hydrogens (tertiary/aromatic N) is 3. The first-order valence-corrected chi connectivity index (χ1v) is 10.2. The van der Waals surface area contributed by atoms with Crippen molar-refractivity contribution in [2.75, 3.05) is 56.5 Å². The minimum absolute atomic E-state index is 0. The molecule has 1 aromatic carbocycles. The van der Waals surface area contributed by atoms with Gasteiger partial charge < -0.3 is 20.4 Å². The molecule has 8 heteroatoms. The van der Waals surface area contributed by atoms with E-state index in [0.29, 0.717) is 11.5 Å². The van der Waals surface area contributed by atoms with E-state index in [-0.39, 0.29) is 30.7 Å². The molecule has 1 atom stereocenters. The predicted octanol–water partition coefficient (Wildman–Crippen LogP) is 3.08. The fraction of sp³-hybridized carbons (Fsp3) is 0.455. The molecule has 2 saturated heterocycles. The molecule has 1 unspecified atom stereocenters. The van der Waals surface area contributed by atoms with E-state index < -0.39 is 0 Å². The molecule has 0 spiro atoms. The number of benzene rings is 1. The van der Waals surface area contributed by atoms with Crippen molar-refractivity contribution in [3.63, 3.8) is 0 Å². The molecular formula is C22H31Cl2N5O. The second-order valence-electron chi connectivity index (χ2n) is 7.91. The zero-order valence-corrected chi connectivity index (χ0v) is 19.0. The molecule has 2 fully saturated rings. The van der Waals surface area contributed by atoms with Crippen molar-refractivity contribution in [2.24, 2.45) is 5.92 Å². The van der Waals surface area contributed by atoms with Crippen molar-refractivity contribution in [1.29, 1.82) is 0 Å². The van der Waals surface area contributed by atoms with Gasteiger partial charge in [-0.05, 0) is 68.7 Å². The van der Waals surface area contributed by atoms with Crippen LogP contribution in [-0.2, 0) is 6.42 Å². The topological polar surface area (TPSA) is 60.5 Å². The molecule has 0 radical (unpaired) electrons. The van der Waals surface area contributed by atoms with E-state index in [1.165, 1.54) is 12.0 Å². The Morgan fingerprint density at radius 3 is 2.43 bits per heavy atom. The van der Waals surface area contributed by atoms with Gasteiger partial charge in [-0.3, -0.25) is 4.79 Å². The number of piperazine rings is 1. The lowest BCUT2D eigenvalue weighted by molar-refractivity contribution is 0.102. The summed E-state index contributed by atoms with van der Waals surface area (Å²) in [6.07, 6.45) is 4.05. The summed E-state index contributed by atoms with van der Waals surface area (Å²) in [4.78, 5) is 21.7. The number of rotatable bonds is 5. The first-order chi connectivity index (χ1) is 13.7. The molecule has 0 bridgehead atoms. The van der Waals surface area contributed by atoms with Crippen molar-refractivity contribution in [2.45, 2.75) is 12.8 Å². The third-order valence-electron chi connectivity index (χ3n) is 5.74. The fourth-order valence-corrected chi connectivity index (χ4v) is 3.90. The smallest absolute Gasteiger partial charge is 0.255 e. The number of pyridine rings is 1. The van der Waals surface area contributed by atoms with Crippen LogP contribution in [0, 0.1) is 5.92 Å². The van der Waals surface area contributed by atoms with Crippen LogP contribution in [0.15, 0.2) is 42.6 Å². The number of nitrogens with one attached hydrogen (secondary N) is 2. The maximum absolute atomic E-state index is 12.5. The van der Waals surface area contributed by atoms with Crippen LogP contribution in [0.5, 0.6) is 0 Å². The maximum Gasteiger partial charge on any atom is 0.255 e. The summed E-state index contributed by atoms with van der Waals surface area (Å²) < 4.78 is 0. The third-order valence-corrected chi connectivity index (χ3v) is 5.74. The second kappa shape index (κ2) is 11.5. The molecular weight excluding hydrogens is 421 g/mol. The van der Waals surface area contributed by atoms with Gasteiger partial charge in [-0.1, -0.05) is 12.1 Å². The molecule has 2 aromatic rings. The van der Waals surface area contributed by atoms with E-state index in [1.807, 2.05) is 24.3 Å². The van der Waals surface area contributed by atoms with Gasteiger partial charge in [0.15, 0.2) is 0 Å². The number of hydrogen-bond donors (Lipinski definition) is 2. The number of aromatic nitrogens is 1. The predicted molar refractivity (Wildman–Crippen MR) is 128 cm³/mol. The molecule has 6 nitrogen and oxygen atoms in total. The molecule has 2 aliphatic heterocycles. The quantitative estimate of drug-likeness (QED) is 0.731. The van der Waals surface area contributed by atoms with E-state index in [9.17, 15) is 4.79 Å². The van der Waals surface area contributed by atoms with E-state index in [4.69, 9.17) is 0 Å². The summed E-state index contributed by atoms with van der Waals surface area (Å²) in [6.45, 7) is 6.28. The van der Waals surface area contributed by atoms with Crippen LogP contribution in [0.4, 0.5) is 11.5 Å². The molecule has 1 amide bonds. The molecule has 3 heterocycles. The highest BCUT2D eigenvalue weighted by atomic mass is 35.5. The van der Waals surface area contributed by atoms with Crippen LogP contribution in [0.1, 0.15) is 22.3 Å². The fourth-order valence-electron chi connectivity index (χ4n) is 3.90. The number of anilines is 2. The first-order valence-electron chi connectivity index (χ1n) is 10.2. The molecule has 4 rings (SSSR count). The van der Waals surface area contributed by atoms with Crippen molar-refractivity contribution in [1.82, 2.24) is 15.2 Å². The Labute approximate surface area is 191 Å². The maximum atomic E-state index is 12.5. The second-order valence-corrected chi connectivity index (χ2v) is 7.91. The molecule has 30 heavy (non-hydrogen) atoms.